The highest BCUT2D eigenvalue weighted by atomic mass is 35.5. The Kier molecular flexibility index (Phi) is 6.75. The predicted octanol–water partition coefficient (Wildman–Crippen LogP) is 2.99. The van der Waals surface area contributed by atoms with Crippen LogP contribution in [-0.4, -0.2) is 21.1 Å². The SMILES string of the molecule is Cc1nnc(NN=Cc2ccc(-c3ccccc3F)o2)n1N.Cl.Cl. The fourth-order valence-electron chi connectivity index (χ4n) is 1.83. The molecule has 7 nitrogen and oxygen atoms in total. The zero-order valence-corrected chi connectivity index (χ0v) is 14.1. The lowest BCUT2D eigenvalue weighted by molar-refractivity contribution is 0.563. The first-order valence-electron chi connectivity index (χ1n) is 6.46. The summed E-state index contributed by atoms with van der Waals surface area (Å²) in [5.41, 5.74) is 3.04. The summed E-state index contributed by atoms with van der Waals surface area (Å²) >= 11 is 0. The Morgan fingerprint density at radius 3 is 2.62 bits per heavy atom. The highest BCUT2D eigenvalue weighted by Crippen LogP contribution is 2.24. The van der Waals surface area contributed by atoms with Crippen LogP contribution in [0.25, 0.3) is 11.3 Å². The fourth-order valence-corrected chi connectivity index (χ4v) is 1.83. The van der Waals surface area contributed by atoms with E-state index in [9.17, 15) is 4.39 Å². The van der Waals surface area contributed by atoms with Gasteiger partial charge < -0.3 is 10.3 Å². The molecule has 0 unspecified atom stereocenters. The lowest BCUT2D eigenvalue weighted by atomic mass is 10.1. The van der Waals surface area contributed by atoms with Crippen LogP contribution in [0.5, 0.6) is 0 Å². The van der Waals surface area contributed by atoms with Crippen LogP contribution in [0, 0.1) is 12.7 Å². The van der Waals surface area contributed by atoms with Gasteiger partial charge in [-0.15, -0.1) is 35.0 Å². The Balaban J connectivity index is 0.00000144. The minimum absolute atomic E-state index is 0. The minimum Gasteiger partial charge on any atom is -0.455 e. The van der Waals surface area contributed by atoms with Crippen LogP contribution in [0.2, 0.25) is 0 Å². The van der Waals surface area contributed by atoms with Gasteiger partial charge in [0.1, 0.15) is 17.3 Å². The summed E-state index contributed by atoms with van der Waals surface area (Å²) in [5, 5.41) is 11.5. The van der Waals surface area contributed by atoms with Crippen LogP contribution in [0.15, 0.2) is 45.9 Å². The van der Waals surface area contributed by atoms with Gasteiger partial charge in [0.2, 0.25) is 0 Å². The van der Waals surface area contributed by atoms with Gasteiger partial charge in [0.25, 0.3) is 5.95 Å². The molecule has 0 amide bonds. The van der Waals surface area contributed by atoms with E-state index in [2.05, 4.69) is 20.7 Å². The van der Waals surface area contributed by atoms with E-state index in [1.165, 1.54) is 17.0 Å². The van der Waals surface area contributed by atoms with Crippen LogP contribution >= 0.6 is 24.8 Å². The molecule has 3 aromatic rings. The molecule has 0 radical (unpaired) electrons. The van der Waals surface area contributed by atoms with E-state index in [0.717, 1.165) is 0 Å². The molecule has 3 N–H and O–H groups in total. The normalized spacial score (nSPS) is 10.2. The molecule has 0 saturated heterocycles. The first-order chi connectivity index (χ1) is 10.6. The summed E-state index contributed by atoms with van der Waals surface area (Å²) < 4.78 is 20.5. The molecule has 0 aliphatic heterocycles. The Morgan fingerprint density at radius 1 is 1.21 bits per heavy atom. The quantitative estimate of drug-likeness (QED) is 0.417. The third kappa shape index (κ3) is 4.03. The largest absolute Gasteiger partial charge is 0.455 e. The number of hydrazone groups is 1. The van der Waals surface area contributed by atoms with Gasteiger partial charge in [0, 0.05) is 0 Å². The fraction of sp³-hybridized carbons (Fsp3) is 0.0714. The van der Waals surface area contributed by atoms with Gasteiger partial charge in [0.15, 0.2) is 5.82 Å². The Morgan fingerprint density at radius 2 is 1.96 bits per heavy atom. The van der Waals surface area contributed by atoms with Crippen molar-refractivity contribution in [3.05, 3.63) is 53.8 Å². The molecule has 24 heavy (non-hydrogen) atoms. The smallest absolute Gasteiger partial charge is 0.263 e. The first-order valence-corrected chi connectivity index (χ1v) is 6.46. The van der Waals surface area contributed by atoms with Crippen LogP contribution in [-0.2, 0) is 0 Å². The number of rotatable bonds is 4. The Labute approximate surface area is 149 Å². The van der Waals surface area contributed by atoms with Crippen molar-refractivity contribution in [3.8, 4) is 11.3 Å². The number of nitrogen functional groups attached to an aromatic ring is 1. The standard InChI is InChI=1S/C14H13FN6O.2ClH/c1-9-18-20-14(21(9)16)19-17-8-10-6-7-13(22-10)11-4-2-3-5-12(11)15;;/h2-8H,16H2,1H3,(H,19,20);2*1H. The number of nitrogens with two attached hydrogens (primary N) is 1. The monoisotopic (exact) mass is 372 g/mol. The van der Waals surface area contributed by atoms with Crippen molar-refractivity contribution in [1.29, 1.82) is 0 Å². The van der Waals surface area contributed by atoms with Gasteiger partial charge in [-0.25, -0.2) is 14.5 Å². The molecule has 0 bridgehead atoms. The van der Waals surface area contributed by atoms with Gasteiger partial charge in [0.05, 0.1) is 11.8 Å². The van der Waals surface area contributed by atoms with E-state index < -0.39 is 0 Å². The predicted molar refractivity (Wildman–Crippen MR) is 94.7 cm³/mol. The number of anilines is 1. The van der Waals surface area contributed by atoms with Crippen molar-refractivity contribution < 1.29 is 8.81 Å². The third-order valence-electron chi connectivity index (χ3n) is 2.99. The van der Waals surface area contributed by atoms with Crippen LogP contribution in [0.1, 0.15) is 11.6 Å². The molecule has 2 aromatic heterocycles. The summed E-state index contributed by atoms with van der Waals surface area (Å²) in [5.74, 6) is 7.07. The van der Waals surface area contributed by atoms with E-state index >= 15 is 0 Å². The summed E-state index contributed by atoms with van der Waals surface area (Å²) in [6, 6.07) is 9.75. The zero-order chi connectivity index (χ0) is 15.5. The van der Waals surface area contributed by atoms with Crippen molar-refractivity contribution in [2.24, 2.45) is 5.10 Å². The van der Waals surface area contributed by atoms with Crippen LogP contribution < -0.4 is 11.3 Å². The number of hydrogen-bond donors (Lipinski definition) is 2. The minimum atomic E-state index is -0.342. The second-order valence-electron chi connectivity index (χ2n) is 4.49. The summed E-state index contributed by atoms with van der Waals surface area (Å²) in [4.78, 5) is 0. The van der Waals surface area contributed by atoms with Crippen LogP contribution in [0.4, 0.5) is 10.3 Å². The van der Waals surface area contributed by atoms with E-state index in [-0.39, 0.29) is 30.6 Å². The molecular weight excluding hydrogens is 358 g/mol. The van der Waals surface area contributed by atoms with Gasteiger partial charge in [-0.05, 0) is 31.2 Å². The molecule has 0 atom stereocenters. The maximum atomic E-state index is 13.7. The van der Waals surface area contributed by atoms with E-state index in [4.69, 9.17) is 10.3 Å². The second-order valence-corrected chi connectivity index (χ2v) is 4.49. The number of benzene rings is 1. The molecule has 0 aliphatic rings. The highest BCUT2D eigenvalue weighted by Gasteiger charge is 2.08. The van der Waals surface area contributed by atoms with Gasteiger partial charge >= 0.3 is 0 Å². The second kappa shape index (κ2) is 8.32. The molecule has 1 aromatic carbocycles. The molecule has 0 aliphatic carbocycles. The third-order valence-corrected chi connectivity index (χ3v) is 2.99. The first kappa shape index (κ1) is 19.5. The summed E-state index contributed by atoms with van der Waals surface area (Å²) in [6.07, 6.45) is 1.44. The lowest BCUT2D eigenvalue weighted by Crippen LogP contribution is -2.13. The lowest BCUT2D eigenvalue weighted by Gasteiger charge is -1.99. The van der Waals surface area contributed by atoms with Gasteiger partial charge in [-0.3, -0.25) is 0 Å². The number of furan rings is 1. The van der Waals surface area contributed by atoms with Crippen molar-refractivity contribution in [3.63, 3.8) is 0 Å². The number of hydrogen-bond acceptors (Lipinski definition) is 6. The van der Waals surface area contributed by atoms with Crippen LogP contribution in [0.3, 0.4) is 0 Å². The molecule has 0 spiro atoms. The Bertz CT molecular complexity index is 832. The zero-order valence-electron chi connectivity index (χ0n) is 12.5. The molecule has 0 saturated carbocycles. The molecular formula is C14H15Cl2FN6O. The molecule has 0 fully saturated rings. The van der Waals surface area contributed by atoms with Crippen molar-refractivity contribution in [2.45, 2.75) is 6.92 Å². The molecule has 128 valence electrons. The summed E-state index contributed by atoms with van der Waals surface area (Å²) in [6.45, 7) is 1.72. The maximum absolute atomic E-state index is 13.7. The Hall–Kier alpha value is -2.58. The number of aromatic nitrogens is 3. The molecule has 10 heteroatoms. The number of nitrogens with one attached hydrogen (secondary N) is 1. The van der Waals surface area contributed by atoms with Crippen molar-refractivity contribution >= 4 is 37.0 Å². The number of aryl methyl sites for hydroxylation is 1. The number of halogens is 3. The molecule has 2 heterocycles. The topological polar surface area (TPSA) is 94.3 Å². The maximum Gasteiger partial charge on any atom is 0.263 e. The van der Waals surface area contributed by atoms with E-state index in [0.29, 0.717) is 28.9 Å². The molecule has 3 rings (SSSR count). The van der Waals surface area contributed by atoms with E-state index in [1.807, 2.05) is 0 Å². The highest BCUT2D eigenvalue weighted by molar-refractivity contribution is 5.85. The average Bonchev–Trinajstić information content (AvgIpc) is 3.10. The summed E-state index contributed by atoms with van der Waals surface area (Å²) in [7, 11) is 0. The van der Waals surface area contributed by atoms with Crippen molar-refractivity contribution in [1.82, 2.24) is 14.9 Å². The average molecular weight is 373 g/mol. The van der Waals surface area contributed by atoms with Gasteiger partial charge in [-0.1, -0.05) is 12.1 Å². The number of nitrogens with zero attached hydrogens (tertiary/aromatic N) is 4. The van der Waals surface area contributed by atoms with Crippen molar-refractivity contribution in [2.75, 3.05) is 11.3 Å². The van der Waals surface area contributed by atoms with E-state index in [1.54, 1.807) is 37.3 Å². The van der Waals surface area contributed by atoms with Gasteiger partial charge in [-0.2, -0.15) is 5.10 Å².